The van der Waals surface area contributed by atoms with Gasteiger partial charge in [-0.25, -0.2) is 0 Å². The van der Waals surface area contributed by atoms with E-state index in [0.29, 0.717) is 28.4 Å². The molecule has 0 spiro atoms. The maximum Gasteiger partial charge on any atom is 0.251 e. The van der Waals surface area contributed by atoms with Crippen molar-refractivity contribution in [3.05, 3.63) is 42.5 Å². The summed E-state index contributed by atoms with van der Waals surface area (Å²) in [7, 11) is 0. The molecule has 20 heavy (non-hydrogen) atoms. The van der Waals surface area contributed by atoms with Crippen LogP contribution in [0.3, 0.4) is 0 Å². The molecule has 6 nitrogen and oxygen atoms in total. The van der Waals surface area contributed by atoms with E-state index in [1.807, 2.05) is 12.1 Å². The molecule has 100 valence electrons. The van der Waals surface area contributed by atoms with Gasteiger partial charge in [-0.3, -0.25) is 0 Å². The molecule has 0 saturated carbocycles. The summed E-state index contributed by atoms with van der Waals surface area (Å²) in [5.74, 6) is 0.497. The highest BCUT2D eigenvalue weighted by atomic mass is 16.4. The molecule has 3 aromatic rings. The van der Waals surface area contributed by atoms with Crippen LogP contribution in [0.15, 0.2) is 46.9 Å². The number of phenols is 1. The number of aromatic nitrogens is 2. The minimum absolute atomic E-state index is 0.0127. The van der Waals surface area contributed by atoms with Gasteiger partial charge in [0.2, 0.25) is 5.89 Å². The molecule has 2 aromatic carbocycles. The standard InChI is InChI=1S/C14H12N4O2/c15-8-5-6-10(12(19)7-8)14-18-17-13(20-14)9-3-1-2-4-11(9)16/h1-7,19H,15-16H2. The van der Waals surface area contributed by atoms with Gasteiger partial charge in [0.05, 0.1) is 11.1 Å². The largest absolute Gasteiger partial charge is 0.507 e. The van der Waals surface area contributed by atoms with Gasteiger partial charge in [0.15, 0.2) is 0 Å². The fourth-order valence-electron chi connectivity index (χ4n) is 1.86. The van der Waals surface area contributed by atoms with E-state index in [1.54, 1.807) is 24.3 Å². The zero-order valence-corrected chi connectivity index (χ0v) is 10.4. The highest BCUT2D eigenvalue weighted by Gasteiger charge is 2.15. The molecular formula is C14H12N4O2. The molecule has 0 aliphatic carbocycles. The van der Waals surface area contributed by atoms with Gasteiger partial charge in [0, 0.05) is 17.4 Å². The number of anilines is 2. The van der Waals surface area contributed by atoms with Crippen LogP contribution in [0.5, 0.6) is 5.75 Å². The van der Waals surface area contributed by atoms with Crippen molar-refractivity contribution >= 4 is 11.4 Å². The summed E-state index contributed by atoms with van der Waals surface area (Å²) in [6.07, 6.45) is 0. The van der Waals surface area contributed by atoms with Crippen molar-refractivity contribution in [2.45, 2.75) is 0 Å². The molecule has 5 N–H and O–H groups in total. The first-order valence-electron chi connectivity index (χ1n) is 5.92. The fourth-order valence-corrected chi connectivity index (χ4v) is 1.86. The van der Waals surface area contributed by atoms with Crippen LogP contribution in [0.2, 0.25) is 0 Å². The van der Waals surface area contributed by atoms with Crippen LogP contribution < -0.4 is 11.5 Å². The Balaban J connectivity index is 2.04. The van der Waals surface area contributed by atoms with Crippen molar-refractivity contribution in [2.24, 2.45) is 0 Å². The molecule has 6 heteroatoms. The van der Waals surface area contributed by atoms with E-state index in [2.05, 4.69) is 10.2 Å². The summed E-state index contributed by atoms with van der Waals surface area (Å²) in [4.78, 5) is 0. The molecule has 0 fully saturated rings. The van der Waals surface area contributed by atoms with Crippen molar-refractivity contribution in [3.8, 4) is 28.7 Å². The Kier molecular flexibility index (Phi) is 2.76. The quantitative estimate of drug-likeness (QED) is 0.615. The number of nitrogen functional groups attached to an aromatic ring is 2. The van der Waals surface area contributed by atoms with Crippen LogP contribution in [0.1, 0.15) is 0 Å². The zero-order chi connectivity index (χ0) is 14.1. The van der Waals surface area contributed by atoms with E-state index < -0.39 is 0 Å². The van der Waals surface area contributed by atoms with Gasteiger partial charge in [-0.15, -0.1) is 10.2 Å². The van der Waals surface area contributed by atoms with Crippen LogP contribution in [-0.4, -0.2) is 15.3 Å². The number of aromatic hydroxyl groups is 1. The van der Waals surface area contributed by atoms with Gasteiger partial charge in [0.25, 0.3) is 5.89 Å². The molecule has 0 saturated heterocycles. The van der Waals surface area contributed by atoms with Gasteiger partial charge >= 0.3 is 0 Å². The third-order valence-electron chi connectivity index (χ3n) is 2.87. The fraction of sp³-hybridized carbons (Fsp3) is 0. The van der Waals surface area contributed by atoms with Crippen LogP contribution in [0.4, 0.5) is 11.4 Å². The number of phenolic OH excluding ortho intramolecular Hbond substituents is 1. The SMILES string of the molecule is Nc1ccc(-c2nnc(-c3ccccc3N)o2)c(O)c1. The van der Waals surface area contributed by atoms with E-state index in [9.17, 15) is 5.11 Å². The van der Waals surface area contributed by atoms with Crippen LogP contribution >= 0.6 is 0 Å². The maximum absolute atomic E-state index is 9.85. The first kappa shape index (κ1) is 12.0. The van der Waals surface area contributed by atoms with Crippen molar-refractivity contribution < 1.29 is 9.52 Å². The van der Waals surface area contributed by atoms with Crippen molar-refractivity contribution in [1.29, 1.82) is 0 Å². The lowest BCUT2D eigenvalue weighted by atomic mass is 10.2. The van der Waals surface area contributed by atoms with Gasteiger partial charge in [-0.1, -0.05) is 12.1 Å². The normalized spacial score (nSPS) is 10.6. The summed E-state index contributed by atoms with van der Waals surface area (Å²) < 4.78 is 5.55. The number of rotatable bonds is 2. The van der Waals surface area contributed by atoms with E-state index in [0.717, 1.165) is 0 Å². The van der Waals surface area contributed by atoms with Gasteiger partial charge in [0.1, 0.15) is 5.75 Å². The molecule has 1 aromatic heterocycles. The average molecular weight is 268 g/mol. The highest BCUT2D eigenvalue weighted by molar-refractivity contribution is 5.72. The number of hydrogen-bond acceptors (Lipinski definition) is 6. The van der Waals surface area contributed by atoms with E-state index in [1.165, 1.54) is 6.07 Å². The molecule has 0 aliphatic rings. The van der Waals surface area contributed by atoms with Crippen LogP contribution in [0.25, 0.3) is 22.9 Å². The lowest BCUT2D eigenvalue weighted by Crippen LogP contribution is -1.88. The first-order valence-corrected chi connectivity index (χ1v) is 5.92. The molecule has 1 heterocycles. The van der Waals surface area contributed by atoms with Gasteiger partial charge < -0.3 is 21.0 Å². The second-order valence-electron chi connectivity index (χ2n) is 4.28. The predicted octanol–water partition coefficient (Wildman–Crippen LogP) is 2.27. The minimum Gasteiger partial charge on any atom is -0.507 e. The predicted molar refractivity (Wildman–Crippen MR) is 75.7 cm³/mol. The Morgan fingerprint density at radius 3 is 2.30 bits per heavy atom. The summed E-state index contributed by atoms with van der Waals surface area (Å²) in [5.41, 5.74) is 13.5. The Labute approximate surface area is 114 Å². The summed E-state index contributed by atoms with van der Waals surface area (Å²) in [5, 5.41) is 17.7. The second kappa shape index (κ2) is 4.58. The number of para-hydroxylation sites is 1. The minimum atomic E-state index is -0.0127. The maximum atomic E-state index is 9.85. The number of nitrogens with zero attached hydrogens (tertiary/aromatic N) is 2. The van der Waals surface area contributed by atoms with E-state index >= 15 is 0 Å². The van der Waals surface area contributed by atoms with E-state index in [-0.39, 0.29) is 11.6 Å². The van der Waals surface area contributed by atoms with Crippen molar-refractivity contribution in [2.75, 3.05) is 11.5 Å². The molecule has 0 bridgehead atoms. The summed E-state index contributed by atoms with van der Waals surface area (Å²) in [6.45, 7) is 0. The molecular weight excluding hydrogens is 256 g/mol. The third kappa shape index (κ3) is 2.03. The van der Waals surface area contributed by atoms with E-state index in [4.69, 9.17) is 15.9 Å². The molecule has 0 unspecified atom stereocenters. The molecule has 0 aliphatic heterocycles. The smallest absolute Gasteiger partial charge is 0.251 e. The van der Waals surface area contributed by atoms with Gasteiger partial charge in [-0.2, -0.15) is 0 Å². The summed E-state index contributed by atoms with van der Waals surface area (Å²) in [6, 6.07) is 11.9. The topological polar surface area (TPSA) is 111 Å². The van der Waals surface area contributed by atoms with Crippen LogP contribution in [0, 0.1) is 0 Å². The highest BCUT2D eigenvalue weighted by Crippen LogP contribution is 2.32. The number of benzene rings is 2. The Morgan fingerprint density at radius 2 is 1.60 bits per heavy atom. The Bertz CT molecular complexity index is 767. The monoisotopic (exact) mass is 268 g/mol. The third-order valence-corrected chi connectivity index (χ3v) is 2.87. The van der Waals surface area contributed by atoms with Crippen molar-refractivity contribution in [3.63, 3.8) is 0 Å². The average Bonchev–Trinajstić information content (AvgIpc) is 2.88. The summed E-state index contributed by atoms with van der Waals surface area (Å²) >= 11 is 0. The number of hydrogen-bond donors (Lipinski definition) is 3. The Hall–Kier alpha value is -3.02. The van der Waals surface area contributed by atoms with Crippen molar-refractivity contribution in [1.82, 2.24) is 10.2 Å². The lowest BCUT2D eigenvalue weighted by Gasteiger charge is -2.01. The first-order chi connectivity index (χ1) is 9.65. The second-order valence-corrected chi connectivity index (χ2v) is 4.28. The van der Waals surface area contributed by atoms with Crippen LogP contribution in [-0.2, 0) is 0 Å². The van der Waals surface area contributed by atoms with Gasteiger partial charge in [-0.05, 0) is 24.3 Å². The lowest BCUT2D eigenvalue weighted by molar-refractivity contribution is 0.473. The molecule has 0 atom stereocenters. The number of nitrogens with two attached hydrogens (primary N) is 2. The zero-order valence-electron chi connectivity index (χ0n) is 10.4. The molecule has 3 rings (SSSR count). The molecule has 0 radical (unpaired) electrons. The molecule has 0 amide bonds. The Morgan fingerprint density at radius 1 is 0.900 bits per heavy atom.